The summed E-state index contributed by atoms with van der Waals surface area (Å²) >= 11 is 0. The van der Waals surface area contributed by atoms with Crippen LogP contribution in [0.4, 0.5) is 0 Å². The van der Waals surface area contributed by atoms with E-state index >= 15 is 0 Å². The van der Waals surface area contributed by atoms with Crippen molar-refractivity contribution < 1.29 is 9.90 Å². The molecule has 16 heavy (non-hydrogen) atoms. The number of nitrogens with zero attached hydrogens (tertiary/aromatic N) is 4. The molecular weight excluding hydrogens is 208 g/mol. The molecule has 2 unspecified atom stereocenters. The Balaban J connectivity index is 3.21. The summed E-state index contributed by atoms with van der Waals surface area (Å²) in [7, 11) is 0. The van der Waals surface area contributed by atoms with Crippen molar-refractivity contribution in [2.45, 2.75) is 52.0 Å². The number of carboxylic acid groups (broad SMARTS) is 1. The van der Waals surface area contributed by atoms with Gasteiger partial charge < -0.3 is 5.11 Å². The highest BCUT2D eigenvalue weighted by Gasteiger charge is 2.37. The molecule has 0 aromatic carbocycles. The quantitative estimate of drug-likeness (QED) is 0.820. The number of carbonyl (C=O) groups is 1. The van der Waals surface area contributed by atoms with Gasteiger partial charge in [-0.2, -0.15) is 0 Å². The molecule has 0 radical (unpaired) electrons. The Bertz CT molecular complexity index is 377. The zero-order valence-corrected chi connectivity index (χ0v) is 10.1. The fourth-order valence-corrected chi connectivity index (χ4v) is 1.43. The molecule has 1 heterocycles. The van der Waals surface area contributed by atoms with Crippen molar-refractivity contribution in [1.82, 2.24) is 20.2 Å². The van der Waals surface area contributed by atoms with Gasteiger partial charge in [-0.25, -0.2) is 9.48 Å². The molecule has 1 aromatic rings. The fraction of sp³-hybridized carbons (Fsp3) is 0.800. The topological polar surface area (TPSA) is 80.9 Å². The maximum absolute atomic E-state index is 11.3. The maximum Gasteiger partial charge on any atom is 0.331 e. The molecule has 1 rings (SSSR count). The van der Waals surface area contributed by atoms with Crippen molar-refractivity contribution in [3.63, 3.8) is 0 Å². The predicted molar refractivity (Wildman–Crippen MR) is 58.1 cm³/mol. The number of hydrogen-bond acceptors (Lipinski definition) is 4. The number of tetrazole rings is 1. The first kappa shape index (κ1) is 12.6. The highest BCUT2D eigenvalue weighted by molar-refractivity contribution is 5.76. The summed E-state index contributed by atoms with van der Waals surface area (Å²) in [5.41, 5.74) is -1.07. The van der Waals surface area contributed by atoms with Gasteiger partial charge in [-0.1, -0.05) is 20.8 Å². The van der Waals surface area contributed by atoms with E-state index in [1.165, 1.54) is 4.68 Å². The minimum Gasteiger partial charge on any atom is -0.479 e. The van der Waals surface area contributed by atoms with Crippen LogP contribution in [-0.4, -0.2) is 31.3 Å². The Morgan fingerprint density at radius 1 is 1.56 bits per heavy atom. The third kappa shape index (κ3) is 1.91. The molecule has 90 valence electrons. The molecule has 6 heteroatoms. The summed E-state index contributed by atoms with van der Waals surface area (Å²) in [5, 5.41) is 20.6. The van der Waals surface area contributed by atoms with Gasteiger partial charge in [0.15, 0.2) is 11.4 Å². The first-order valence-corrected chi connectivity index (χ1v) is 5.49. The molecule has 0 bridgehead atoms. The van der Waals surface area contributed by atoms with Crippen LogP contribution in [0.1, 0.15) is 52.3 Å². The van der Waals surface area contributed by atoms with Gasteiger partial charge >= 0.3 is 5.97 Å². The molecular formula is C10H18N4O2. The SMILES string of the molecule is CCC(C)c1nnnn1C(C)(CC)C(=O)O. The van der Waals surface area contributed by atoms with E-state index in [1.807, 2.05) is 20.8 Å². The summed E-state index contributed by atoms with van der Waals surface area (Å²) in [5.74, 6) is -0.124. The Morgan fingerprint density at radius 3 is 2.62 bits per heavy atom. The minimum absolute atomic E-state index is 0.153. The zero-order chi connectivity index (χ0) is 12.3. The maximum atomic E-state index is 11.3. The number of hydrogen-bond donors (Lipinski definition) is 1. The van der Waals surface area contributed by atoms with E-state index in [4.69, 9.17) is 0 Å². The number of carboxylic acids is 1. The third-order valence-electron chi connectivity index (χ3n) is 3.16. The fourth-order valence-electron chi connectivity index (χ4n) is 1.43. The second-order valence-corrected chi connectivity index (χ2v) is 4.19. The molecule has 0 spiro atoms. The van der Waals surface area contributed by atoms with Crippen LogP contribution in [0.3, 0.4) is 0 Å². The van der Waals surface area contributed by atoms with E-state index in [-0.39, 0.29) is 5.92 Å². The molecule has 1 N–H and O–H groups in total. The lowest BCUT2D eigenvalue weighted by molar-refractivity contribution is -0.147. The molecule has 0 aliphatic rings. The number of aliphatic carboxylic acids is 1. The van der Waals surface area contributed by atoms with E-state index in [2.05, 4.69) is 15.5 Å². The smallest absolute Gasteiger partial charge is 0.331 e. The van der Waals surface area contributed by atoms with Crippen molar-refractivity contribution in [2.24, 2.45) is 0 Å². The molecule has 1 aromatic heterocycles. The highest BCUT2D eigenvalue weighted by atomic mass is 16.4. The normalized spacial score (nSPS) is 16.8. The van der Waals surface area contributed by atoms with E-state index in [1.54, 1.807) is 6.92 Å². The Kier molecular flexibility index (Phi) is 3.62. The molecule has 0 saturated carbocycles. The molecule has 0 aliphatic heterocycles. The molecule has 0 amide bonds. The standard InChI is InChI=1S/C10H18N4O2/c1-5-7(3)8-11-12-13-14(8)10(4,6-2)9(15)16/h7H,5-6H2,1-4H3,(H,15,16). The average molecular weight is 226 g/mol. The lowest BCUT2D eigenvalue weighted by atomic mass is 9.98. The predicted octanol–water partition coefficient (Wildman–Crippen LogP) is 1.40. The number of rotatable bonds is 5. The van der Waals surface area contributed by atoms with Crippen LogP contribution in [-0.2, 0) is 10.3 Å². The van der Waals surface area contributed by atoms with Crippen LogP contribution in [0.5, 0.6) is 0 Å². The van der Waals surface area contributed by atoms with E-state index < -0.39 is 11.5 Å². The first-order chi connectivity index (χ1) is 7.47. The van der Waals surface area contributed by atoms with E-state index in [0.29, 0.717) is 12.2 Å². The average Bonchev–Trinajstić information content (AvgIpc) is 2.75. The minimum atomic E-state index is -1.07. The van der Waals surface area contributed by atoms with Crippen molar-refractivity contribution >= 4 is 5.97 Å². The second kappa shape index (κ2) is 4.59. The highest BCUT2D eigenvalue weighted by Crippen LogP contribution is 2.25. The summed E-state index contributed by atoms with van der Waals surface area (Å²) in [4.78, 5) is 11.3. The van der Waals surface area contributed by atoms with Crippen LogP contribution < -0.4 is 0 Å². The largest absolute Gasteiger partial charge is 0.479 e. The summed E-state index contributed by atoms with van der Waals surface area (Å²) in [6, 6.07) is 0. The Hall–Kier alpha value is -1.46. The molecule has 0 fully saturated rings. The van der Waals surface area contributed by atoms with Gasteiger partial charge in [-0.15, -0.1) is 5.10 Å². The van der Waals surface area contributed by atoms with Gasteiger partial charge in [0, 0.05) is 5.92 Å². The molecule has 2 atom stereocenters. The zero-order valence-electron chi connectivity index (χ0n) is 10.1. The van der Waals surface area contributed by atoms with Crippen LogP contribution >= 0.6 is 0 Å². The van der Waals surface area contributed by atoms with Gasteiger partial charge in [0.05, 0.1) is 0 Å². The van der Waals surface area contributed by atoms with Gasteiger partial charge in [0.2, 0.25) is 0 Å². The summed E-state index contributed by atoms with van der Waals surface area (Å²) in [6.07, 6.45) is 1.32. The molecule has 6 nitrogen and oxygen atoms in total. The monoisotopic (exact) mass is 226 g/mol. The Morgan fingerprint density at radius 2 is 2.19 bits per heavy atom. The molecule has 0 aliphatic carbocycles. The summed E-state index contributed by atoms with van der Waals surface area (Å²) < 4.78 is 1.43. The van der Waals surface area contributed by atoms with Crippen LogP contribution in [0.15, 0.2) is 0 Å². The van der Waals surface area contributed by atoms with E-state index in [9.17, 15) is 9.90 Å². The lowest BCUT2D eigenvalue weighted by Gasteiger charge is -2.25. The van der Waals surface area contributed by atoms with Gasteiger partial charge in [-0.3, -0.25) is 0 Å². The van der Waals surface area contributed by atoms with Crippen molar-refractivity contribution in [3.8, 4) is 0 Å². The second-order valence-electron chi connectivity index (χ2n) is 4.19. The van der Waals surface area contributed by atoms with E-state index in [0.717, 1.165) is 6.42 Å². The van der Waals surface area contributed by atoms with Crippen molar-refractivity contribution in [3.05, 3.63) is 5.82 Å². The number of aromatic nitrogens is 4. The van der Waals surface area contributed by atoms with Crippen LogP contribution in [0.2, 0.25) is 0 Å². The lowest BCUT2D eigenvalue weighted by Crippen LogP contribution is -2.40. The van der Waals surface area contributed by atoms with Gasteiger partial charge in [0.25, 0.3) is 0 Å². The van der Waals surface area contributed by atoms with Gasteiger partial charge in [-0.05, 0) is 30.2 Å². The van der Waals surface area contributed by atoms with Crippen LogP contribution in [0, 0.1) is 0 Å². The third-order valence-corrected chi connectivity index (χ3v) is 3.16. The molecule has 0 saturated heterocycles. The first-order valence-electron chi connectivity index (χ1n) is 5.49. The Labute approximate surface area is 94.7 Å². The van der Waals surface area contributed by atoms with Gasteiger partial charge in [0.1, 0.15) is 0 Å². The van der Waals surface area contributed by atoms with Crippen molar-refractivity contribution in [1.29, 1.82) is 0 Å². The van der Waals surface area contributed by atoms with Crippen molar-refractivity contribution in [2.75, 3.05) is 0 Å². The summed E-state index contributed by atoms with van der Waals surface area (Å²) in [6.45, 7) is 7.46. The van der Waals surface area contributed by atoms with Crippen LogP contribution in [0.25, 0.3) is 0 Å².